The van der Waals surface area contributed by atoms with E-state index in [0.717, 1.165) is 24.3 Å². The summed E-state index contributed by atoms with van der Waals surface area (Å²) >= 11 is 0. The van der Waals surface area contributed by atoms with E-state index >= 15 is 0 Å². The topological polar surface area (TPSA) is 52.3 Å². The van der Waals surface area contributed by atoms with Gasteiger partial charge in [-0.1, -0.05) is 12.1 Å². The fourth-order valence-electron chi connectivity index (χ4n) is 2.50. The molecule has 2 aromatic rings. The molecule has 0 amide bonds. The van der Waals surface area contributed by atoms with E-state index in [1.165, 1.54) is 17.7 Å². The highest BCUT2D eigenvalue weighted by Gasteiger charge is 2.13. The van der Waals surface area contributed by atoms with Crippen LogP contribution in [0.25, 0.3) is 0 Å². The standard InChI is InChI=1S/C17H16FNO2/c18-14-10-12(3-4-15(14)19)16(20)5-1-11-2-6-17-13(9-11)7-8-21-17/h2-4,6,9-10H,1,5,7-8,19H2. The van der Waals surface area contributed by atoms with Crippen molar-refractivity contribution in [2.45, 2.75) is 19.3 Å². The number of aryl methyl sites for hydroxylation is 1. The Morgan fingerprint density at radius 2 is 2.10 bits per heavy atom. The van der Waals surface area contributed by atoms with Gasteiger partial charge in [0.2, 0.25) is 0 Å². The van der Waals surface area contributed by atoms with Gasteiger partial charge in [0.05, 0.1) is 12.3 Å². The zero-order valence-electron chi connectivity index (χ0n) is 11.6. The van der Waals surface area contributed by atoms with Gasteiger partial charge in [0.1, 0.15) is 11.6 Å². The lowest BCUT2D eigenvalue weighted by molar-refractivity contribution is 0.0982. The Labute approximate surface area is 122 Å². The third-order valence-electron chi connectivity index (χ3n) is 3.72. The number of Topliss-reactive ketones (excluding diaryl/α,β-unsaturated/α-hetero) is 1. The highest BCUT2D eigenvalue weighted by Crippen LogP contribution is 2.26. The van der Waals surface area contributed by atoms with E-state index in [4.69, 9.17) is 10.5 Å². The molecule has 3 rings (SSSR count). The van der Waals surface area contributed by atoms with Crippen LogP contribution in [0, 0.1) is 5.82 Å². The molecule has 0 fully saturated rings. The highest BCUT2D eigenvalue weighted by atomic mass is 19.1. The van der Waals surface area contributed by atoms with Gasteiger partial charge in [-0.25, -0.2) is 4.39 Å². The van der Waals surface area contributed by atoms with Gasteiger partial charge in [-0.3, -0.25) is 4.79 Å². The summed E-state index contributed by atoms with van der Waals surface area (Å²) in [6, 6.07) is 10.2. The first kappa shape index (κ1) is 13.6. The van der Waals surface area contributed by atoms with Crippen LogP contribution in [0.1, 0.15) is 27.9 Å². The van der Waals surface area contributed by atoms with Gasteiger partial charge in [-0.05, 0) is 41.8 Å². The number of anilines is 1. The van der Waals surface area contributed by atoms with Crippen LogP contribution in [0.15, 0.2) is 36.4 Å². The molecule has 0 radical (unpaired) electrons. The molecule has 0 aliphatic carbocycles. The third-order valence-corrected chi connectivity index (χ3v) is 3.72. The molecule has 1 heterocycles. The molecule has 0 unspecified atom stereocenters. The number of halogens is 1. The summed E-state index contributed by atoms with van der Waals surface area (Å²) in [5.74, 6) is 0.312. The molecule has 0 aromatic heterocycles. The number of nitrogens with two attached hydrogens (primary N) is 1. The number of rotatable bonds is 4. The van der Waals surface area contributed by atoms with Crippen LogP contribution in [0.4, 0.5) is 10.1 Å². The van der Waals surface area contributed by atoms with Crippen molar-refractivity contribution in [1.29, 1.82) is 0 Å². The summed E-state index contributed by atoms with van der Waals surface area (Å²) in [7, 11) is 0. The van der Waals surface area contributed by atoms with E-state index < -0.39 is 5.82 Å². The summed E-state index contributed by atoms with van der Waals surface area (Å²) in [5.41, 5.74) is 8.13. The highest BCUT2D eigenvalue weighted by molar-refractivity contribution is 5.96. The van der Waals surface area contributed by atoms with E-state index in [1.807, 2.05) is 12.1 Å². The number of hydrogen-bond donors (Lipinski definition) is 1. The van der Waals surface area contributed by atoms with Crippen LogP contribution in [0.2, 0.25) is 0 Å². The van der Waals surface area contributed by atoms with E-state index in [-0.39, 0.29) is 11.5 Å². The molecule has 4 heteroatoms. The van der Waals surface area contributed by atoms with E-state index in [9.17, 15) is 9.18 Å². The fraction of sp³-hybridized carbons (Fsp3) is 0.235. The maximum atomic E-state index is 13.4. The maximum Gasteiger partial charge on any atom is 0.163 e. The van der Waals surface area contributed by atoms with Crippen molar-refractivity contribution in [2.75, 3.05) is 12.3 Å². The predicted molar refractivity (Wildman–Crippen MR) is 79.1 cm³/mol. The molecular formula is C17H16FNO2. The lowest BCUT2D eigenvalue weighted by Gasteiger charge is -2.05. The van der Waals surface area contributed by atoms with Crippen molar-refractivity contribution in [2.24, 2.45) is 0 Å². The molecule has 2 aromatic carbocycles. The molecule has 2 N–H and O–H groups in total. The Hall–Kier alpha value is -2.36. The molecule has 21 heavy (non-hydrogen) atoms. The van der Waals surface area contributed by atoms with E-state index in [0.29, 0.717) is 18.4 Å². The Kier molecular flexibility index (Phi) is 3.60. The summed E-state index contributed by atoms with van der Waals surface area (Å²) in [6.45, 7) is 0.725. The minimum absolute atomic E-state index is 0.0603. The van der Waals surface area contributed by atoms with Crippen LogP contribution < -0.4 is 10.5 Å². The van der Waals surface area contributed by atoms with Crippen molar-refractivity contribution >= 4 is 11.5 Å². The number of fused-ring (bicyclic) bond motifs is 1. The molecule has 0 bridgehead atoms. The number of hydrogen-bond acceptors (Lipinski definition) is 3. The molecule has 0 spiro atoms. The first-order chi connectivity index (χ1) is 10.1. The van der Waals surface area contributed by atoms with Crippen LogP contribution in [-0.4, -0.2) is 12.4 Å². The second kappa shape index (κ2) is 5.56. The number of carbonyl (C=O) groups excluding carboxylic acids is 1. The van der Waals surface area contributed by atoms with Crippen LogP contribution >= 0.6 is 0 Å². The summed E-state index contributed by atoms with van der Waals surface area (Å²) < 4.78 is 18.8. The molecule has 0 saturated heterocycles. The zero-order valence-corrected chi connectivity index (χ0v) is 11.6. The van der Waals surface area contributed by atoms with E-state index in [1.54, 1.807) is 6.07 Å². The van der Waals surface area contributed by atoms with Crippen molar-refractivity contribution in [3.8, 4) is 5.75 Å². The number of ketones is 1. The lowest BCUT2D eigenvalue weighted by atomic mass is 10.0. The van der Waals surface area contributed by atoms with Crippen molar-refractivity contribution in [3.63, 3.8) is 0 Å². The van der Waals surface area contributed by atoms with Crippen LogP contribution in [0.5, 0.6) is 5.75 Å². The largest absolute Gasteiger partial charge is 0.493 e. The quantitative estimate of drug-likeness (QED) is 0.693. The minimum Gasteiger partial charge on any atom is -0.493 e. The Morgan fingerprint density at radius 3 is 2.90 bits per heavy atom. The van der Waals surface area contributed by atoms with Gasteiger partial charge in [0, 0.05) is 18.4 Å². The van der Waals surface area contributed by atoms with Crippen molar-refractivity contribution < 1.29 is 13.9 Å². The molecular weight excluding hydrogens is 269 g/mol. The van der Waals surface area contributed by atoms with Crippen molar-refractivity contribution in [3.05, 3.63) is 58.9 Å². The van der Waals surface area contributed by atoms with Gasteiger partial charge in [0.25, 0.3) is 0 Å². The molecule has 0 atom stereocenters. The predicted octanol–water partition coefficient (Wildman–Crippen LogP) is 3.16. The summed E-state index contributed by atoms with van der Waals surface area (Å²) in [4.78, 5) is 12.1. The van der Waals surface area contributed by atoms with Gasteiger partial charge < -0.3 is 10.5 Å². The first-order valence-corrected chi connectivity index (χ1v) is 6.96. The molecule has 0 saturated carbocycles. The Morgan fingerprint density at radius 1 is 1.24 bits per heavy atom. The fourth-order valence-corrected chi connectivity index (χ4v) is 2.50. The normalized spacial score (nSPS) is 12.8. The maximum absolute atomic E-state index is 13.4. The van der Waals surface area contributed by atoms with E-state index in [2.05, 4.69) is 6.07 Å². The number of benzene rings is 2. The smallest absolute Gasteiger partial charge is 0.163 e. The van der Waals surface area contributed by atoms with Crippen LogP contribution in [0.3, 0.4) is 0 Å². The molecule has 3 nitrogen and oxygen atoms in total. The first-order valence-electron chi connectivity index (χ1n) is 6.96. The van der Waals surface area contributed by atoms with Crippen LogP contribution in [-0.2, 0) is 12.8 Å². The molecule has 108 valence electrons. The number of ether oxygens (including phenoxy) is 1. The SMILES string of the molecule is Nc1ccc(C(=O)CCc2ccc3c(c2)CCO3)cc1F. The molecule has 1 aliphatic rings. The van der Waals surface area contributed by atoms with Gasteiger partial charge in [-0.15, -0.1) is 0 Å². The van der Waals surface area contributed by atoms with Gasteiger partial charge in [-0.2, -0.15) is 0 Å². The summed E-state index contributed by atoms with van der Waals surface area (Å²) in [6.07, 6.45) is 1.90. The zero-order chi connectivity index (χ0) is 14.8. The monoisotopic (exact) mass is 285 g/mol. The number of carbonyl (C=O) groups is 1. The third kappa shape index (κ3) is 2.89. The minimum atomic E-state index is -0.546. The molecule has 1 aliphatic heterocycles. The van der Waals surface area contributed by atoms with Gasteiger partial charge >= 0.3 is 0 Å². The average molecular weight is 285 g/mol. The van der Waals surface area contributed by atoms with Crippen molar-refractivity contribution in [1.82, 2.24) is 0 Å². The summed E-state index contributed by atoms with van der Waals surface area (Å²) in [5, 5.41) is 0. The Bertz CT molecular complexity index is 697. The lowest BCUT2D eigenvalue weighted by Crippen LogP contribution is -2.03. The Balaban J connectivity index is 1.67. The number of nitrogen functional groups attached to an aromatic ring is 1. The average Bonchev–Trinajstić information content (AvgIpc) is 2.95. The second-order valence-corrected chi connectivity index (χ2v) is 5.20. The van der Waals surface area contributed by atoms with Gasteiger partial charge in [0.15, 0.2) is 5.78 Å². The second-order valence-electron chi connectivity index (χ2n) is 5.20.